The fraction of sp³-hybridized carbons (Fsp3) is 0.105. The molecule has 4 rings (SSSR count). The molecule has 1 aromatic carbocycles. The Morgan fingerprint density at radius 1 is 1.15 bits per heavy atom. The van der Waals surface area contributed by atoms with E-state index in [2.05, 4.69) is 20.1 Å². The van der Waals surface area contributed by atoms with Crippen molar-refractivity contribution in [3.63, 3.8) is 0 Å². The van der Waals surface area contributed by atoms with Gasteiger partial charge in [-0.2, -0.15) is 15.3 Å². The minimum absolute atomic E-state index is 0.105. The van der Waals surface area contributed by atoms with Crippen molar-refractivity contribution < 1.29 is 0 Å². The van der Waals surface area contributed by atoms with Gasteiger partial charge in [-0.05, 0) is 25.1 Å². The van der Waals surface area contributed by atoms with Crippen LogP contribution in [0.3, 0.4) is 0 Å². The summed E-state index contributed by atoms with van der Waals surface area (Å²) in [7, 11) is 0. The average molecular weight is 341 g/mol. The fourth-order valence-corrected chi connectivity index (χ4v) is 2.75. The minimum Gasteiger partial charge on any atom is -0.323 e. The highest BCUT2D eigenvalue weighted by molar-refractivity contribution is 5.84. The van der Waals surface area contributed by atoms with E-state index in [0.717, 1.165) is 27.9 Å². The van der Waals surface area contributed by atoms with Crippen molar-refractivity contribution in [1.82, 2.24) is 24.7 Å². The number of nitrogens with two attached hydrogens (primary N) is 1. The van der Waals surface area contributed by atoms with Gasteiger partial charge in [-0.1, -0.05) is 18.2 Å². The number of nitrogens with zero attached hydrogens (tertiary/aromatic N) is 6. The van der Waals surface area contributed by atoms with Gasteiger partial charge in [0.25, 0.3) is 0 Å². The molecule has 0 fully saturated rings. The predicted octanol–water partition coefficient (Wildman–Crippen LogP) is 2.77. The van der Waals surface area contributed by atoms with Crippen LogP contribution in [-0.4, -0.2) is 24.7 Å². The molecule has 0 bridgehead atoms. The summed E-state index contributed by atoms with van der Waals surface area (Å²) in [6.07, 6.45) is 3.31. The van der Waals surface area contributed by atoms with Crippen LogP contribution in [0.15, 0.2) is 54.9 Å². The van der Waals surface area contributed by atoms with E-state index in [1.54, 1.807) is 23.1 Å². The Morgan fingerprint density at radius 2 is 2.04 bits per heavy atom. The third kappa shape index (κ3) is 2.79. The van der Waals surface area contributed by atoms with E-state index in [0.29, 0.717) is 5.82 Å². The molecule has 0 aliphatic carbocycles. The number of fused-ring (bicyclic) bond motifs is 1. The van der Waals surface area contributed by atoms with Gasteiger partial charge in [0.1, 0.15) is 6.07 Å². The SMILES string of the molecule is CC(N)c1cccc(-c2ccc3cnn(-c4ccnc(C#N)n4)c3c2)n1. The van der Waals surface area contributed by atoms with Crippen LogP contribution in [0.4, 0.5) is 0 Å². The first kappa shape index (κ1) is 15.9. The summed E-state index contributed by atoms with van der Waals surface area (Å²) in [6, 6.07) is 15.3. The summed E-state index contributed by atoms with van der Waals surface area (Å²) in [5.74, 6) is 0.648. The molecular weight excluding hydrogens is 326 g/mol. The zero-order chi connectivity index (χ0) is 18.1. The van der Waals surface area contributed by atoms with E-state index >= 15 is 0 Å². The Kier molecular flexibility index (Phi) is 3.88. The molecule has 7 heteroatoms. The van der Waals surface area contributed by atoms with Crippen LogP contribution in [0.25, 0.3) is 28.0 Å². The second-order valence-corrected chi connectivity index (χ2v) is 5.92. The lowest BCUT2D eigenvalue weighted by atomic mass is 10.1. The number of hydrogen-bond acceptors (Lipinski definition) is 6. The minimum atomic E-state index is -0.130. The monoisotopic (exact) mass is 341 g/mol. The summed E-state index contributed by atoms with van der Waals surface area (Å²) in [4.78, 5) is 12.8. The Hall–Kier alpha value is -3.63. The van der Waals surface area contributed by atoms with Crippen LogP contribution in [0.5, 0.6) is 0 Å². The molecule has 126 valence electrons. The van der Waals surface area contributed by atoms with Crippen LogP contribution < -0.4 is 5.73 Å². The maximum absolute atomic E-state index is 9.01. The standard InChI is InChI=1S/C19H15N7/c1-12(21)15-3-2-4-16(24-15)13-5-6-14-11-23-26(17(14)9-13)19-7-8-22-18(10-20)25-19/h2-9,11-12H,21H2,1H3. The molecule has 3 heterocycles. The molecule has 4 aromatic rings. The van der Waals surface area contributed by atoms with Gasteiger partial charge in [0.15, 0.2) is 5.82 Å². The van der Waals surface area contributed by atoms with Gasteiger partial charge in [-0.25, -0.2) is 9.67 Å². The van der Waals surface area contributed by atoms with Crippen LogP contribution in [0.2, 0.25) is 0 Å². The molecule has 0 spiro atoms. The van der Waals surface area contributed by atoms with E-state index in [1.165, 1.54) is 0 Å². The Balaban J connectivity index is 1.85. The second kappa shape index (κ2) is 6.35. The van der Waals surface area contributed by atoms with Crippen LogP contribution in [0, 0.1) is 11.3 Å². The zero-order valence-corrected chi connectivity index (χ0v) is 14.0. The van der Waals surface area contributed by atoms with Crippen molar-refractivity contribution in [1.29, 1.82) is 5.26 Å². The topological polar surface area (TPSA) is 106 Å². The quantitative estimate of drug-likeness (QED) is 0.614. The summed E-state index contributed by atoms with van der Waals surface area (Å²) in [5, 5.41) is 14.4. The highest BCUT2D eigenvalue weighted by Crippen LogP contribution is 2.25. The highest BCUT2D eigenvalue weighted by atomic mass is 15.3. The van der Waals surface area contributed by atoms with Gasteiger partial charge in [-0.15, -0.1) is 0 Å². The lowest BCUT2D eigenvalue weighted by molar-refractivity contribution is 0.782. The molecule has 0 amide bonds. The maximum atomic E-state index is 9.01. The summed E-state index contributed by atoms with van der Waals surface area (Å²) < 4.78 is 1.69. The van der Waals surface area contributed by atoms with Crippen molar-refractivity contribution >= 4 is 10.9 Å². The smallest absolute Gasteiger partial charge is 0.234 e. The number of rotatable bonds is 3. The van der Waals surface area contributed by atoms with Crippen LogP contribution >= 0.6 is 0 Å². The first-order valence-corrected chi connectivity index (χ1v) is 8.10. The summed E-state index contributed by atoms with van der Waals surface area (Å²) in [5.41, 5.74) is 9.45. The van der Waals surface area contributed by atoms with Gasteiger partial charge < -0.3 is 5.73 Å². The number of nitriles is 1. The largest absolute Gasteiger partial charge is 0.323 e. The molecule has 26 heavy (non-hydrogen) atoms. The normalized spacial score (nSPS) is 12.0. The van der Waals surface area contributed by atoms with Gasteiger partial charge in [0, 0.05) is 29.3 Å². The van der Waals surface area contributed by atoms with E-state index < -0.39 is 0 Å². The molecule has 2 N–H and O–H groups in total. The van der Waals surface area contributed by atoms with Crippen molar-refractivity contribution in [2.24, 2.45) is 5.73 Å². The van der Waals surface area contributed by atoms with Gasteiger partial charge in [0.2, 0.25) is 5.82 Å². The third-order valence-corrected chi connectivity index (χ3v) is 4.06. The maximum Gasteiger partial charge on any atom is 0.234 e. The fourth-order valence-electron chi connectivity index (χ4n) is 2.75. The number of hydrogen-bond donors (Lipinski definition) is 1. The molecule has 0 saturated heterocycles. The molecule has 0 aliphatic rings. The van der Waals surface area contributed by atoms with E-state index in [1.807, 2.05) is 49.4 Å². The van der Waals surface area contributed by atoms with Crippen LogP contribution in [0.1, 0.15) is 24.5 Å². The van der Waals surface area contributed by atoms with E-state index in [9.17, 15) is 0 Å². The molecule has 0 saturated carbocycles. The Morgan fingerprint density at radius 3 is 2.85 bits per heavy atom. The lowest BCUT2D eigenvalue weighted by Gasteiger charge is -2.08. The Labute approximate surface area is 149 Å². The lowest BCUT2D eigenvalue weighted by Crippen LogP contribution is -2.07. The summed E-state index contributed by atoms with van der Waals surface area (Å²) >= 11 is 0. The Bertz CT molecular complexity index is 1140. The van der Waals surface area contributed by atoms with Crippen molar-refractivity contribution in [3.05, 3.63) is 66.4 Å². The highest BCUT2D eigenvalue weighted by Gasteiger charge is 2.10. The molecule has 1 atom stereocenters. The van der Waals surface area contributed by atoms with Crippen molar-refractivity contribution in [3.8, 4) is 23.1 Å². The van der Waals surface area contributed by atoms with E-state index in [4.69, 9.17) is 11.0 Å². The van der Waals surface area contributed by atoms with Gasteiger partial charge in [0.05, 0.1) is 23.1 Å². The molecule has 3 aromatic heterocycles. The average Bonchev–Trinajstić information content (AvgIpc) is 3.11. The second-order valence-electron chi connectivity index (χ2n) is 5.92. The predicted molar refractivity (Wildman–Crippen MR) is 97.2 cm³/mol. The molecule has 0 radical (unpaired) electrons. The van der Waals surface area contributed by atoms with Crippen molar-refractivity contribution in [2.75, 3.05) is 0 Å². The number of pyridine rings is 1. The molecule has 7 nitrogen and oxygen atoms in total. The first-order chi connectivity index (χ1) is 12.7. The molecule has 0 aliphatic heterocycles. The van der Waals surface area contributed by atoms with Gasteiger partial charge >= 0.3 is 0 Å². The van der Waals surface area contributed by atoms with Crippen molar-refractivity contribution in [2.45, 2.75) is 13.0 Å². The molecular formula is C19H15N7. The first-order valence-electron chi connectivity index (χ1n) is 8.10. The summed E-state index contributed by atoms with van der Waals surface area (Å²) in [6.45, 7) is 1.91. The zero-order valence-electron chi connectivity index (χ0n) is 14.0. The third-order valence-electron chi connectivity index (χ3n) is 4.06. The van der Waals surface area contributed by atoms with E-state index in [-0.39, 0.29) is 11.9 Å². The van der Waals surface area contributed by atoms with Gasteiger partial charge in [-0.3, -0.25) is 4.98 Å². The number of benzene rings is 1. The number of aromatic nitrogens is 5. The molecule has 1 unspecified atom stereocenters. The van der Waals surface area contributed by atoms with Crippen LogP contribution in [-0.2, 0) is 0 Å².